The summed E-state index contributed by atoms with van der Waals surface area (Å²) in [6, 6.07) is 6.79. The summed E-state index contributed by atoms with van der Waals surface area (Å²) in [5, 5.41) is 0. The summed E-state index contributed by atoms with van der Waals surface area (Å²) in [6.45, 7) is 9.40. The molecule has 114 valence electrons. The van der Waals surface area contributed by atoms with Gasteiger partial charge in [-0.15, -0.1) is 0 Å². The van der Waals surface area contributed by atoms with Gasteiger partial charge >= 0.3 is 0 Å². The Bertz CT molecular complexity index is 391. The minimum Gasteiger partial charge on any atom is -0.496 e. The van der Waals surface area contributed by atoms with E-state index in [-0.39, 0.29) is 0 Å². The topological polar surface area (TPSA) is 38.5 Å². The van der Waals surface area contributed by atoms with Crippen molar-refractivity contribution in [2.24, 2.45) is 5.73 Å². The largest absolute Gasteiger partial charge is 0.496 e. The fraction of sp³-hybridized carbons (Fsp3) is 0.647. The van der Waals surface area contributed by atoms with Crippen LogP contribution in [0.1, 0.15) is 51.2 Å². The van der Waals surface area contributed by atoms with Crippen LogP contribution >= 0.6 is 0 Å². The van der Waals surface area contributed by atoms with Crippen LogP contribution in [-0.2, 0) is 13.1 Å². The predicted octanol–water partition coefficient (Wildman–Crippen LogP) is 3.55. The maximum Gasteiger partial charge on any atom is 0.123 e. The number of hydrogen-bond acceptors (Lipinski definition) is 3. The molecule has 3 heteroatoms. The van der Waals surface area contributed by atoms with Crippen molar-refractivity contribution in [1.29, 1.82) is 0 Å². The summed E-state index contributed by atoms with van der Waals surface area (Å²) in [7, 11) is 1.73. The van der Waals surface area contributed by atoms with Gasteiger partial charge < -0.3 is 10.5 Å². The molecule has 2 N–H and O–H groups in total. The standard InChI is InChI=1S/C17H30N2O/c1-5-6-7-10-19(14(2)3)13-16-11-15(12-18)8-9-17(16)20-4/h8-9,11,14H,5-7,10,12-13,18H2,1-4H3. The Hall–Kier alpha value is -1.06. The zero-order valence-corrected chi connectivity index (χ0v) is 13.5. The minimum atomic E-state index is 0.540. The third-order valence-electron chi connectivity index (χ3n) is 3.73. The van der Waals surface area contributed by atoms with E-state index in [0.29, 0.717) is 12.6 Å². The van der Waals surface area contributed by atoms with Crippen molar-refractivity contribution in [2.45, 2.75) is 59.2 Å². The van der Waals surface area contributed by atoms with Crippen molar-refractivity contribution >= 4 is 0 Å². The summed E-state index contributed by atoms with van der Waals surface area (Å²) in [4.78, 5) is 2.51. The molecule has 0 aliphatic rings. The fourth-order valence-electron chi connectivity index (χ4n) is 2.39. The summed E-state index contributed by atoms with van der Waals surface area (Å²) < 4.78 is 5.48. The van der Waals surface area contributed by atoms with Crippen molar-refractivity contribution in [2.75, 3.05) is 13.7 Å². The van der Waals surface area contributed by atoms with Crippen LogP contribution in [0.4, 0.5) is 0 Å². The van der Waals surface area contributed by atoms with Crippen LogP contribution in [0.25, 0.3) is 0 Å². The van der Waals surface area contributed by atoms with E-state index in [1.807, 2.05) is 12.1 Å². The first-order chi connectivity index (χ1) is 9.62. The SMILES string of the molecule is CCCCCN(Cc1cc(CN)ccc1OC)C(C)C. The van der Waals surface area contributed by atoms with Crippen LogP contribution in [0.5, 0.6) is 5.75 Å². The lowest BCUT2D eigenvalue weighted by atomic mass is 10.1. The molecule has 0 radical (unpaired) electrons. The summed E-state index contributed by atoms with van der Waals surface area (Å²) >= 11 is 0. The zero-order valence-electron chi connectivity index (χ0n) is 13.5. The smallest absolute Gasteiger partial charge is 0.123 e. The summed E-state index contributed by atoms with van der Waals surface area (Å²) in [5.41, 5.74) is 8.15. The van der Waals surface area contributed by atoms with E-state index in [9.17, 15) is 0 Å². The predicted molar refractivity (Wildman–Crippen MR) is 86.0 cm³/mol. The molecule has 3 nitrogen and oxygen atoms in total. The Morgan fingerprint density at radius 3 is 2.55 bits per heavy atom. The molecule has 0 aliphatic carbocycles. The lowest BCUT2D eigenvalue weighted by Gasteiger charge is -2.27. The van der Waals surface area contributed by atoms with Gasteiger partial charge in [0.2, 0.25) is 0 Å². The van der Waals surface area contributed by atoms with Crippen LogP contribution in [0.3, 0.4) is 0 Å². The molecule has 20 heavy (non-hydrogen) atoms. The molecule has 0 bridgehead atoms. The van der Waals surface area contributed by atoms with Gasteiger partial charge in [0.1, 0.15) is 5.75 Å². The maximum absolute atomic E-state index is 5.74. The molecule has 1 aromatic carbocycles. The number of nitrogens with two attached hydrogens (primary N) is 1. The number of ether oxygens (including phenoxy) is 1. The second-order valence-corrected chi connectivity index (χ2v) is 5.62. The number of unbranched alkanes of at least 4 members (excludes halogenated alkanes) is 2. The highest BCUT2D eigenvalue weighted by atomic mass is 16.5. The van der Waals surface area contributed by atoms with Gasteiger partial charge in [-0.05, 0) is 44.5 Å². The Balaban J connectivity index is 2.80. The lowest BCUT2D eigenvalue weighted by Crippen LogP contribution is -2.31. The Morgan fingerprint density at radius 1 is 1.25 bits per heavy atom. The number of nitrogens with zero attached hydrogens (tertiary/aromatic N) is 1. The summed E-state index contributed by atoms with van der Waals surface area (Å²) in [6.07, 6.45) is 3.81. The van der Waals surface area contributed by atoms with Crippen molar-refractivity contribution < 1.29 is 4.74 Å². The number of benzene rings is 1. The maximum atomic E-state index is 5.74. The van der Waals surface area contributed by atoms with Gasteiger partial charge in [-0.1, -0.05) is 25.8 Å². The van der Waals surface area contributed by atoms with E-state index < -0.39 is 0 Å². The van der Waals surface area contributed by atoms with Crippen molar-refractivity contribution in [3.63, 3.8) is 0 Å². The molecule has 0 atom stereocenters. The third-order valence-corrected chi connectivity index (χ3v) is 3.73. The molecule has 0 saturated carbocycles. The zero-order chi connectivity index (χ0) is 15.0. The molecule has 0 fully saturated rings. The van der Waals surface area contributed by atoms with Gasteiger partial charge in [-0.3, -0.25) is 4.90 Å². The fourth-order valence-corrected chi connectivity index (χ4v) is 2.39. The van der Waals surface area contributed by atoms with Crippen LogP contribution in [0.15, 0.2) is 18.2 Å². The van der Waals surface area contributed by atoms with Crippen LogP contribution < -0.4 is 10.5 Å². The van der Waals surface area contributed by atoms with Crippen molar-refractivity contribution in [3.05, 3.63) is 29.3 Å². The molecule has 0 amide bonds. The van der Waals surface area contributed by atoms with Gasteiger partial charge in [0.25, 0.3) is 0 Å². The van der Waals surface area contributed by atoms with Crippen LogP contribution in [0, 0.1) is 0 Å². The van der Waals surface area contributed by atoms with Crippen molar-refractivity contribution in [1.82, 2.24) is 4.90 Å². The van der Waals surface area contributed by atoms with Gasteiger partial charge in [0, 0.05) is 24.7 Å². The average molecular weight is 278 g/mol. The van der Waals surface area contributed by atoms with Gasteiger partial charge in [-0.25, -0.2) is 0 Å². The number of methoxy groups -OCH3 is 1. The molecule has 1 aromatic rings. The average Bonchev–Trinajstić information content (AvgIpc) is 2.46. The van der Waals surface area contributed by atoms with E-state index in [0.717, 1.165) is 24.4 Å². The molecule has 1 rings (SSSR count). The Morgan fingerprint density at radius 2 is 2.00 bits per heavy atom. The first kappa shape index (κ1) is 17.0. The molecule has 0 aliphatic heterocycles. The number of hydrogen-bond donors (Lipinski definition) is 1. The van der Waals surface area contributed by atoms with E-state index >= 15 is 0 Å². The van der Waals surface area contributed by atoms with Crippen LogP contribution in [-0.4, -0.2) is 24.6 Å². The third kappa shape index (κ3) is 5.14. The molecule has 0 spiro atoms. The molecular weight excluding hydrogens is 248 g/mol. The first-order valence-corrected chi connectivity index (χ1v) is 7.72. The minimum absolute atomic E-state index is 0.540. The normalized spacial score (nSPS) is 11.3. The van der Waals surface area contributed by atoms with Crippen LogP contribution in [0.2, 0.25) is 0 Å². The number of rotatable bonds is 9. The van der Waals surface area contributed by atoms with Gasteiger partial charge in [0.05, 0.1) is 7.11 Å². The highest BCUT2D eigenvalue weighted by Crippen LogP contribution is 2.22. The summed E-state index contributed by atoms with van der Waals surface area (Å²) in [5.74, 6) is 0.961. The van der Waals surface area contributed by atoms with Gasteiger partial charge in [0.15, 0.2) is 0 Å². The highest BCUT2D eigenvalue weighted by Gasteiger charge is 2.13. The molecule has 0 unspecified atom stereocenters. The second kappa shape index (κ2) is 8.98. The Labute approximate surface area is 124 Å². The first-order valence-electron chi connectivity index (χ1n) is 7.72. The highest BCUT2D eigenvalue weighted by molar-refractivity contribution is 5.37. The van der Waals surface area contributed by atoms with E-state index in [1.54, 1.807) is 7.11 Å². The lowest BCUT2D eigenvalue weighted by molar-refractivity contribution is 0.206. The van der Waals surface area contributed by atoms with Gasteiger partial charge in [-0.2, -0.15) is 0 Å². The quantitative estimate of drug-likeness (QED) is 0.702. The van der Waals surface area contributed by atoms with E-state index in [1.165, 1.54) is 24.8 Å². The van der Waals surface area contributed by atoms with E-state index in [2.05, 4.69) is 31.7 Å². The van der Waals surface area contributed by atoms with Crippen molar-refractivity contribution in [3.8, 4) is 5.75 Å². The van der Waals surface area contributed by atoms with E-state index in [4.69, 9.17) is 10.5 Å². The molecule has 0 aromatic heterocycles. The second-order valence-electron chi connectivity index (χ2n) is 5.62. The molecular formula is C17H30N2O. The Kier molecular flexibility index (Phi) is 7.63. The molecule has 0 heterocycles. The monoisotopic (exact) mass is 278 g/mol. The molecule has 0 saturated heterocycles.